The third-order valence-electron chi connectivity index (χ3n) is 2.56. The summed E-state index contributed by atoms with van der Waals surface area (Å²) in [6.07, 6.45) is 12.0. The van der Waals surface area contributed by atoms with Crippen molar-refractivity contribution >= 4 is 11.8 Å². The minimum absolute atomic E-state index is 0.644. The average Bonchev–Trinajstić information content (AvgIpc) is 2.19. The molecule has 0 saturated carbocycles. The summed E-state index contributed by atoms with van der Waals surface area (Å²) >= 11 is 1.94. The summed E-state index contributed by atoms with van der Waals surface area (Å²) < 4.78 is 0. The highest BCUT2D eigenvalue weighted by Gasteiger charge is 2.12. The fraction of sp³-hybridized carbons (Fsp3) is 0.818. The quantitative estimate of drug-likeness (QED) is 0.683. The summed E-state index contributed by atoms with van der Waals surface area (Å²) in [4.78, 5) is 0. The molecule has 1 aliphatic carbocycles. The van der Waals surface area contributed by atoms with E-state index < -0.39 is 0 Å². The number of hydrogen-bond donors (Lipinski definition) is 1. The Balaban J connectivity index is 2.27. The summed E-state index contributed by atoms with van der Waals surface area (Å²) in [7, 11) is 0. The Hall–Kier alpha value is 0.0500. The fourth-order valence-corrected chi connectivity index (χ4v) is 2.47. The van der Waals surface area contributed by atoms with Gasteiger partial charge in [-0.15, -0.1) is 0 Å². The molecule has 0 aromatic heterocycles. The number of hydrogen-bond acceptors (Lipinski definition) is 2. The van der Waals surface area contributed by atoms with Crippen molar-refractivity contribution in [3.63, 3.8) is 0 Å². The number of rotatable bonds is 5. The van der Waals surface area contributed by atoms with Crippen molar-refractivity contribution in [1.29, 1.82) is 0 Å². The van der Waals surface area contributed by atoms with Crippen molar-refractivity contribution in [3.8, 4) is 0 Å². The molecule has 1 nitrogen and oxygen atoms in total. The van der Waals surface area contributed by atoms with Crippen LogP contribution >= 0.6 is 11.8 Å². The molecule has 1 aliphatic rings. The van der Waals surface area contributed by atoms with E-state index in [0.717, 1.165) is 0 Å². The van der Waals surface area contributed by atoms with Crippen molar-refractivity contribution in [3.05, 3.63) is 12.2 Å². The molecule has 0 saturated heterocycles. The van der Waals surface area contributed by atoms with E-state index >= 15 is 0 Å². The third kappa shape index (κ3) is 4.19. The molecule has 0 aliphatic heterocycles. The third-order valence-corrected chi connectivity index (χ3v) is 3.30. The van der Waals surface area contributed by atoms with Gasteiger partial charge in [-0.3, -0.25) is 0 Å². The summed E-state index contributed by atoms with van der Waals surface area (Å²) in [5.41, 5.74) is 0. The Kier molecular flexibility index (Phi) is 5.56. The Morgan fingerprint density at radius 3 is 3.00 bits per heavy atom. The standard InChI is InChI=1S/C11H21NS/c1-3-10(9-13-2)12-11-7-5-4-6-8-11/h5,7,10-12H,3-4,6,8-9H2,1-2H3. The highest BCUT2D eigenvalue weighted by Crippen LogP contribution is 2.12. The van der Waals surface area contributed by atoms with Crippen LogP contribution in [0.1, 0.15) is 32.6 Å². The van der Waals surface area contributed by atoms with Gasteiger partial charge in [0, 0.05) is 17.8 Å². The molecule has 0 aromatic rings. The molecule has 2 unspecified atom stereocenters. The van der Waals surface area contributed by atoms with Gasteiger partial charge in [0.05, 0.1) is 0 Å². The van der Waals surface area contributed by atoms with E-state index in [2.05, 4.69) is 30.6 Å². The van der Waals surface area contributed by atoms with E-state index in [4.69, 9.17) is 0 Å². The maximum absolute atomic E-state index is 3.70. The smallest absolute Gasteiger partial charge is 0.0253 e. The molecule has 0 amide bonds. The van der Waals surface area contributed by atoms with Gasteiger partial charge in [-0.1, -0.05) is 19.1 Å². The maximum atomic E-state index is 3.70. The van der Waals surface area contributed by atoms with E-state index in [-0.39, 0.29) is 0 Å². The molecule has 0 radical (unpaired) electrons. The van der Waals surface area contributed by atoms with Crippen molar-refractivity contribution in [2.24, 2.45) is 0 Å². The topological polar surface area (TPSA) is 12.0 Å². The molecule has 0 heterocycles. The van der Waals surface area contributed by atoms with Crippen molar-refractivity contribution < 1.29 is 0 Å². The SMILES string of the molecule is CCC(CSC)NC1C=CCCC1. The van der Waals surface area contributed by atoms with E-state index in [1.165, 1.54) is 31.4 Å². The first kappa shape index (κ1) is 11.1. The monoisotopic (exact) mass is 199 g/mol. The first-order valence-electron chi connectivity index (χ1n) is 5.28. The molecule has 2 heteroatoms. The van der Waals surface area contributed by atoms with Gasteiger partial charge in [0.25, 0.3) is 0 Å². The van der Waals surface area contributed by atoms with Gasteiger partial charge < -0.3 is 5.32 Å². The van der Waals surface area contributed by atoms with Gasteiger partial charge >= 0.3 is 0 Å². The molecule has 1 rings (SSSR count). The van der Waals surface area contributed by atoms with Crippen LogP contribution in [0.2, 0.25) is 0 Å². The average molecular weight is 199 g/mol. The second-order valence-electron chi connectivity index (χ2n) is 3.69. The lowest BCUT2D eigenvalue weighted by Gasteiger charge is -2.24. The van der Waals surface area contributed by atoms with Crippen molar-refractivity contribution in [1.82, 2.24) is 5.32 Å². The zero-order valence-electron chi connectivity index (χ0n) is 8.75. The van der Waals surface area contributed by atoms with Gasteiger partial charge in [-0.05, 0) is 31.9 Å². The Morgan fingerprint density at radius 2 is 2.46 bits per heavy atom. The molecule has 13 heavy (non-hydrogen) atoms. The molecule has 0 fully saturated rings. The molecule has 0 aromatic carbocycles. The van der Waals surface area contributed by atoms with E-state index in [1.807, 2.05) is 11.8 Å². The van der Waals surface area contributed by atoms with Gasteiger partial charge in [-0.2, -0.15) is 11.8 Å². The summed E-state index contributed by atoms with van der Waals surface area (Å²) in [6.45, 7) is 2.26. The van der Waals surface area contributed by atoms with Crippen molar-refractivity contribution in [2.45, 2.75) is 44.7 Å². The second-order valence-corrected chi connectivity index (χ2v) is 4.60. The lowest BCUT2D eigenvalue weighted by molar-refractivity contribution is 0.453. The van der Waals surface area contributed by atoms with Crippen LogP contribution in [-0.2, 0) is 0 Å². The van der Waals surface area contributed by atoms with E-state index in [1.54, 1.807) is 0 Å². The number of nitrogens with one attached hydrogen (secondary N) is 1. The summed E-state index contributed by atoms with van der Waals surface area (Å²) in [5.74, 6) is 1.24. The molecule has 2 atom stereocenters. The van der Waals surface area contributed by atoms with Crippen LogP contribution in [0.25, 0.3) is 0 Å². The fourth-order valence-electron chi connectivity index (χ4n) is 1.74. The molecule has 0 bridgehead atoms. The molecule has 76 valence electrons. The highest BCUT2D eigenvalue weighted by molar-refractivity contribution is 7.98. The minimum Gasteiger partial charge on any atom is -0.307 e. The first-order valence-corrected chi connectivity index (χ1v) is 6.67. The highest BCUT2D eigenvalue weighted by atomic mass is 32.2. The predicted molar refractivity (Wildman–Crippen MR) is 62.4 cm³/mol. The first-order chi connectivity index (χ1) is 6.36. The van der Waals surface area contributed by atoms with Crippen molar-refractivity contribution in [2.75, 3.05) is 12.0 Å². The minimum atomic E-state index is 0.644. The van der Waals surface area contributed by atoms with E-state index in [9.17, 15) is 0 Å². The van der Waals surface area contributed by atoms with Crippen LogP contribution in [0, 0.1) is 0 Å². The van der Waals surface area contributed by atoms with Gasteiger partial charge in [-0.25, -0.2) is 0 Å². The Morgan fingerprint density at radius 1 is 1.62 bits per heavy atom. The second kappa shape index (κ2) is 6.50. The van der Waals surface area contributed by atoms with Gasteiger partial charge in [0.2, 0.25) is 0 Å². The molecule has 1 N–H and O–H groups in total. The Bertz CT molecular complexity index is 156. The van der Waals surface area contributed by atoms with E-state index in [0.29, 0.717) is 12.1 Å². The van der Waals surface area contributed by atoms with Crippen LogP contribution in [0.15, 0.2) is 12.2 Å². The molecular weight excluding hydrogens is 178 g/mol. The molecular formula is C11H21NS. The van der Waals surface area contributed by atoms with Crippen LogP contribution in [0.5, 0.6) is 0 Å². The number of allylic oxidation sites excluding steroid dienone is 1. The Labute approximate surface area is 86.4 Å². The largest absolute Gasteiger partial charge is 0.307 e. The molecule has 0 spiro atoms. The van der Waals surface area contributed by atoms with Crippen LogP contribution in [0.3, 0.4) is 0 Å². The van der Waals surface area contributed by atoms with Gasteiger partial charge in [0.1, 0.15) is 0 Å². The predicted octanol–water partition coefficient (Wildman–Crippen LogP) is 2.83. The summed E-state index contributed by atoms with van der Waals surface area (Å²) in [5, 5.41) is 3.70. The van der Waals surface area contributed by atoms with Gasteiger partial charge in [0.15, 0.2) is 0 Å². The lowest BCUT2D eigenvalue weighted by atomic mass is 10.0. The van der Waals surface area contributed by atoms with Crippen LogP contribution < -0.4 is 5.32 Å². The number of thioether (sulfide) groups is 1. The zero-order valence-corrected chi connectivity index (χ0v) is 9.57. The maximum Gasteiger partial charge on any atom is 0.0253 e. The lowest BCUT2D eigenvalue weighted by Crippen LogP contribution is -2.39. The van der Waals surface area contributed by atoms with Crippen LogP contribution in [0.4, 0.5) is 0 Å². The van der Waals surface area contributed by atoms with Crippen LogP contribution in [-0.4, -0.2) is 24.1 Å². The normalized spacial score (nSPS) is 24.6. The zero-order chi connectivity index (χ0) is 9.52. The summed E-state index contributed by atoms with van der Waals surface area (Å²) in [6, 6.07) is 1.34.